The summed E-state index contributed by atoms with van der Waals surface area (Å²) in [4.78, 5) is 16.9. The first kappa shape index (κ1) is 13.3. The molecule has 0 amide bonds. The number of furan rings is 1. The summed E-state index contributed by atoms with van der Waals surface area (Å²) in [6, 6.07) is 9.86. The second kappa shape index (κ2) is 5.38. The highest BCUT2D eigenvalue weighted by atomic mass is 16.3. The summed E-state index contributed by atoms with van der Waals surface area (Å²) in [5, 5.41) is 0.991. The molecule has 0 spiro atoms. The predicted octanol–water partition coefficient (Wildman–Crippen LogP) is 2.25. The summed E-state index contributed by atoms with van der Waals surface area (Å²) in [7, 11) is 4.19. The summed E-state index contributed by atoms with van der Waals surface area (Å²) in [5.74, 6) is 0.571. The fourth-order valence-corrected chi connectivity index (χ4v) is 2.76. The zero-order chi connectivity index (χ0) is 14.1. The van der Waals surface area contributed by atoms with Crippen LogP contribution in [0, 0.1) is 0 Å². The van der Waals surface area contributed by atoms with Gasteiger partial charge in [0, 0.05) is 37.5 Å². The van der Waals surface area contributed by atoms with Gasteiger partial charge in [0.2, 0.25) is 0 Å². The monoisotopic (exact) mass is 272 g/mol. The van der Waals surface area contributed by atoms with Crippen LogP contribution < -0.4 is 0 Å². The van der Waals surface area contributed by atoms with Crippen molar-refractivity contribution in [2.45, 2.75) is 12.5 Å². The lowest BCUT2D eigenvalue weighted by Gasteiger charge is -2.37. The highest BCUT2D eigenvalue weighted by molar-refractivity contribution is 5.97. The third-order valence-electron chi connectivity index (χ3n) is 4.10. The number of hydrogen-bond acceptors (Lipinski definition) is 4. The molecular formula is C16H20N2O2. The van der Waals surface area contributed by atoms with Crippen LogP contribution in [0.15, 0.2) is 34.7 Å². The molecule has 4 heteroatoms. The van der Waals surface area contributed by atoms with E-state index in [2.05, 4.69) is 23.9 Å². The fourth-order valence-electron chi connectivity index (χ4n) is 2.76. The van der Waals surface area contributed by atoms with E-state index < -0.39 is 0 Å². The summed E-state index contributed by atoms with van der Waals surface area (Å²) in [6.07, 6.45) is 0.515. The zero-order valence-electron chi connectivity index (χ0n) is 12.0. The van der Waals surface area contributed by atoms with Crippen molar-refractivity contribution in [3.63, 3.8) is 0 Å². The Bertz CT molecular complexity index is 587. The predicted molar refractivity (Wildman–Crippen MR) is 79.1 cm³/mol. The maximum absolute atomic E-state index is 12.4. The molecule has 1 aliphatic rings. The number of para-hydroxylation sites is 1. The molecule has 2 aromatic rings. The molecule has 1 aromatic carbocycles. The van der Waals surface area contributed by atoms with Crippen molar-refractivity contribution in [2.24, 2.45) is 0 Å². The number of nitrogens with zero attached hydrogens (tertiary/aromatic N) is 2. The first-order valence-electron chi connectivity index (χ1n) is 7.04. The van der Waals surface area contributed by atoms with Crippen LogP contribution in [0.1, 0.15) is 17.0 Å². The van der Waals surface area contributed by atoms with Crippen LogP contribution in [0.5, 0.6) is 0 Å². The first-order valence-corrected chi connectivity index (χ1v) is 7.04. The van der Waals surface area contributed by atoms with Crippen molar-refractivity contribution in [3.8, 4) is 0 Å². The standard InChI is InChI=1S/C16H20N2O2/c1-17-7-8-18(2)13(11-17)10-14(19)16-9-12-5-3-4-6-15(12)20-16/h3-6,9,13H,7-8,10-11H2,1-2H3. The number of benzene rings is 1. The molecule has 3 rings (SSSR count). The van der Waals surface area contributed by atoms with Gasteiger partial charge in [0.05, 0.1) is 0 Å². The Balaban J connectivity index is 1.75. The molecule has 1 aromatic heterocycles. The lowest BCUT2D eigenvalue weighted by Crippen LogP contribution is -2.50. The number of carbonyl (C=O) groups excluding carboxylic acids is 1. The van der Waals surface area contributed by atoms with Gasteiger partial charge in [-0.2, -0.15) is 0 Å². The largest absolute Gasteiger partial charge is 0.453 e. The molecule has 106 valence electrons. The molecule has 20 heavy (non-hydrogen) atoms. The zero-order valence-corrected chi connectivity index (χ0v) is 12.0. The van der Waals surface area contributed by atoms with Crippen molar-refractivity contribution in [1.82, 2.24) is 9.80 Å². The quantitative estimate of drug-likeness (QED) is 0.803. The van der Waals surface area contributed by atoms with Gasteiger partial charge in [-0.15, -0.1) is 0 Å². The highest BCUT2D eigenvalue weighted by Crippen LogP contribution is 2.21. The first-order chi connectivity index (χ1) is 9.63. The molecule has 1 unspecified atom stereocenters. The van der Waals surface area contributed by atoms with Gasteiger partial charge in [0.15, 0.2) is 11.5 Å². The number of Topliss-reactive ketones (excluding diaryl/α,β-unsaturated/α-hetero) is 1. The van der Waals surface area contributed by atoms with E-state index in [9.17, 15) is 4.79 Å². The molecule has 4 nitrogen and oxygen atoms in total. The molecule has 0 N–H and O–H groups in total. The van der Waals surface area contributed by atoms with Gasteiger partial charge in [-0.3, -0.25) is 4.79 Å². The lowest BCUT2D eigenvalue weighted by molar-refractivity contribution is 0.0789. The molecule has 2 heterocycles. The van der Waals surface area contributed by atoms with Crippen molar-refractivity contribution in [1.29, 1.82) is 0 Å². The number of ketones is 1. The Morgan fingerprint density at radius 1 is 1.30 bits per heavy atom. The van der Waals surface area contributed by atoms with Gasteiger partial charge in [0.25, 0.3) is 0 Å². The second-order valence-electron chi connectivity index (χ2n) is 5.67. The number of rotatable bonds is 3. The summed E-state index contributed by atoms with van der Waals surface area (Å²) < 4.78 is 5.65. The molecular weight excluding hydrogens is 252 g/mol. The van der Waals surface area contributed by atoms with Crippen molar-refractivity contribution in [2.75, 3.05) is 33.7 Å². The van der Waals surface area contributed by atoms with Gasteiger partial charge in [-0.05, 0) is 26.2 Å². The number of hydrogen-bond donors (Lipinski definition) is 0. The number of carbonyl (C=O) groups is 1. The van der Waals surface area contributed by atoms with Gasteiger partial charge in [0.1, 0.15) is 5.58 Å². The Morgan fingerprint density at radius 2 is 2.10 bits per heavy atom. The van der Waals surface area contributed by atoms with Crippen LogP contribution >= 0.6 is 0 Å². The van der Waals surface area contributed by atoms with Crippen LogP contribution in [0.3, 0.4) is 0 Å². The molecule has 1 atom stereocenters. The summed E-state index contributed by atoms with van der Waals surface area (Å²) >= 11 is 0. The molecule has 0 radical (unpaired) electrons. The van der Waals surface area contributed by atoms with Crippen LogP contribution in [0.4, 0.5) is 0 Å². The molecule has 0 saturated carbocycles. The van der Waals surface area contributed by atoms with Gasteiger partial charge in [-0.25, -0.2) is 0 Å². The van der Waals surface area contributed by atoms with E-state index >= 15 is 0 Å². The molecule has 0 bridgehead atoms. The second-order valence-corrected chi connectivity index (χ2v) is 5.67. The minimum absolute atomic E-state index is 0.0911. The maximum atomic E-state index is 12.4. The van der Waals surface area contributed by atoms with Crippen LogP contribution in [0.2, 0.25) is 0 Å². The summed E-state index contributed by atoms with van der Waals surface area (Å²) in [6.45, 7) is 3.00. The number of piperazine rings is 1. The average molecular weight is 272 g/mol. The smallest absolute Gasteiger partial charge is 0.199 e. The van der Waals surface area contributed by atoms with Crippen molar-refractivity contribution < 1.29 is 9.21 Å². The van der Waals surface area contributed by atoms with Crippen LogP contribution in [0.25, 0.3) is 11.0 Å². The Hall–Kier alpha value is -1.65. The van der Waals surface area contributed by atoms with E-state index in [4.69, 9.17) is 4.42 Å². The fraction of sp³-hybridized carbons (Fsp3) is 0.438. The van der Waals surface area contributed by atoms with Gasteiger partial charge < -0.3 is 14.2 Å². The minimum atomic E-state index is 0.0911. The Labute approximate surface area is 119 Å². The third kappa shape index (κ3) is 2.62. The van der Waals surface area contributed by atoms with Crippen molar-refractivity contribution in [3.05, 3.63) is 36.1 Å². The minimum Gasteiger partial charge on any atom is -0.453 e. The molecule has 0 aliphatic carbocycles. The Kier molecular flexibility index (Phi) is 3.59. The van der Waals surface area contributed by atoms with E-state index in [-0.39, 0.29) is 11.8 Å². The van der Waals surface area contributed by atoms with E-state index in [1.54, 1.807) is 0 Å². The number of fused-ring (bicyclic) bond motifs is 1. The van der Waals surface area contributed by atoms with E-state index in [1.807, 2.05) is 30.3 Å². The van der Waals surface area contributed by atoms with E-state index in [0.717, 1.165) is 30.6 Å². The van der Waals surface area contributed by atoms with Crippen molar-refractivity contribution >= 4 is 16.8 Å². The topological polar surface area (TPSA) is 36.7 Å². The van der Waals surface area contributed by atoms with E-state index in [0.29, 0.717) is 12.2 Å². The molecule has 1 fully saturated rings. The third-order valence-corrected chi connectivity index (χ3v) is 4.10. The molecule has 1 aliphatic heterocycles. The van der Waals surface area contributed by atoms with Crippen LogP contribution in [-0.2, 0) is 0 Å². The maximum Gasteiger partial charge on any atom is 0.199 e. The highest BCUT2D eigenvalue weighted by Gasteiger charge is 2.26. The SMILES string of the molecule is CN1CCN(C)C(CC(=O)c2cc3ccccc3o2)C1. The van der Waals surface area contributed by atoms with Crippen LogP contribution in [-0.4, -0.2) is 55.4 Å². The Morgan fingerprint density at radius 3 is 2.90 bits per heavy atom. The lowest BCUT2D eigenvalue weighted by atomic mass is 10.0. The average Bonchev–Trinajstić information content (AvgIpc) is 2.87. The number of likely N-dealkylation sites (N-methyl/N-ethyl adjacent to an activating group) is 2. The summed E-state index contributed by atoms with van der Waals surface area (Å²) in [5.41, 5.74) is 0.782. The van der Waals surface area contributed by atoms with Gasteiger partial charge >= 0.3 is 0 Å². The van der Waals surface area contributed by atoms with E-state index in [1.165, 1.54) is 0 Å². The normalized spacial score (nSPS) is 21.4. The molecule has 1 saturated heterocycles. The van der Waals surface area contributed by atoms with Gasteiger partial charge in [-0.1, -0.05) is 18.2 Å².